The molecule has 0 radical (unpaired) electrons. The fraction of sp³-hybridized carbons (Fsp3) is 0.750. The summed E-state index contributed by atoms with van der Waals surface area (Å²) in [6.45, 7) is 12.0. The quantitative estimate of drug-likeness (QED) is 0.487. The summed E-state index contributed by atoms with van der Waals surface area (Å²) in [5, 5.41) is 21.1. The maximum absolute atomic E-state index is 4.38. The van der Waals surface area contributed by atoms with Crippen LogP contribution in [0.1, 0.15) is 41.5 Å². The summed E-state index contributed by atoms with van der Waals surface area (Å²) in [6.07, 6.45) is 3.62. The van der Waals surface area contributed by atoms with Crippen molar-refractivity contribution in [1.29, 1.82) is 0 Å². The molecule has 0 rings (SSSR count). The van der Waals surface area contributed by atoms with Crippen LogP contribution in [0.4, 0.5) is 0 Å². The number of azo groups is 2. The fourth-order valence-electron chi connectivity index (χ4n) is 0.977. The van der Waals surface area contributed by atoms with Gasteiger partial charge in [-0.25, -0.2) is 0 Å². The Balaban J connectivity index is 5.48. The Morgan fingerprint density at radius 2 is 1.04 bits per heavy atom. The third-order valence-electron chi connectivity index (χ3n) is 1.92. The molecule has 0 bridgehead atoms. The topological polar surface area (TPSA) is 80.0 Å². The Labute approximate surface area is 158 Å². The molecular weight excluding hydrogens is 363 g/mol. The van der Waals surface area contributed by atoms with Crippen molar-refractivity contribution in [3.8, 4) is 0 Å². The molecule has 0 heterocycles. The van der Waals surface area contributed by atoms with Crippen molar-refractivity contribution in [3.05, 3.63) is 21.7 Å². The molecule has 0 aromatic heterocycles. The summed E-state index contributed by atoms with van der Waals surface area (Å²) >= 11 is 0.830. The minimum atomic E-state index is -0.245. The van der Waals surface area contributed by atoms with E-state index in [2.05, 4.69) is 31.3 Å². The monoisotopic (exact) mass is 397 g/mol. The van der Waals surface area contributed by atoms with Crippen LogP contribution in [0.15, 0.2) is 42.1 Å². The zero-order chi connectivity index (χ0) is 19.7. The first-order chi connectivity index (χ1) is 11.3. The predicted molar refractivity (Wildman–Crippen MR) is 99.0 cm³/mol. The van der Waals surface area contributed by atoms with Crippen molar-refractivity contribution in [2.45, 2.75) is 52.6 Å². The Morgan fingerprint density at radius 1 is 0.720 bits per heavy atom. The van der Waals surface area contributed by atoms with Crippen LogP contribution in [0.2, 0.25) is 0 Å². The van der Waals surface area contributed by atoms with Crippen LogP contribution in [0, 0.1) is 0 Å². The van der Waals surface area contributed by atoms with E-state index in [4.69, 9.17) is 0 Å². The summed E-state index contributed by atoms with van der Waals surface area (Å²) in [5.74, 6) is 0. The van der Waals surface area contributed by atoms with Crippen LogP contribution in [0.5, 0.6) is 0 Å². The van der Waals surface area contributed by atoms with E-state index in [-0.39, 0.29) is 11.1 Å². The minimum absolute atomic E-state index is 0.245. The van der Waals surface area contributed by atoms with Crippen molar-refractivity contribution < 1.29 is 14.7 Å². The first kappa shape index (κ1) is 23.7. The molecule has 147 valence electrons. The zero-order valence-corrected chi connectivity index (χ0v) is 18.2. The van der Waals surface area contributed by atoms with E-state index in [0.29, 0.717) is 0 Å². The first-order valence-electron chi connectivity index (χ1n) is 8.02. The van der Waals surface area contributed by atoms with E-state index >= 15 is 0 Å². The molecule has 0 fully saturated rings. The average Bonchev–Trinajstić information content (AvgIpc) is 2.41. The summed E-state index contributed by atoms with van der Waals surface area (Å²) in [5.41, 5.74) is 5.72. The number of hydrazine groups is 2. The second-order valence-electron chi connectivity index (χ2n) is 7.76. The van der Waals surface area contributed by atoms with Gasteiger partial charge in [0.15, 0.2) is 0 Å². The van der Waals surface area contributed by atoms with Crippen LogP contribution < -0.4 is 10.9 Å². The van der Waals surface area contributed by atoms with Crippen molar-refractivity contribution in [3.63, 3.8) is 0 Å². The average molecular weight is 397 g/mol. The molecule has 8 nitrogen and oxygen atoms in total. The molecule has 9 heteroatoms. The van der Waals surface area contributed by atoms with Gasteiger partial charge in [-0.15, -0.1) is 0 Å². The molecule has 25 heavy (non-hydrogen) atoms. The van der Waals surface area contributed by atoms with E-state index in [9.17, 15) is 0 Å². The van der Waals surface area contributed by atoms with Gasteiger partial charge in [0.1, 0.15) is 0 Å². The third kappa shape index (κ3) is 15.9. The molecule has 0 saturated carbocycles. The predicted octanol–water partition coefficient (Wildman–Crippen LogP) is 3.30. The van der Waals surface area contributed by atoms with Gasteiger partial charge in [0.2, 0.25) is 0 Å². The van der Waals surface area contributed by atoms with E-state index in [1.165, 1.54) is 0 Å². The van der Waals surface area contributed by atoms with Crippen LogP contribution in [-0.2, 0) is 14.7 Å². The molecule has 0 unspecified atom stereocenters. The summed E-state index contributed by atoms with van der Waals surface area (Å²) in [4.78, 5) is 0. The van der Waals surface area contributed by atoms with Gasteiger partial charge in [0.05, 0.1) is 0 Å². The van der Waals surface area contributed by atoms with E-state index in [1.807, 2.05) is 92.2 Å². The van der Waals surface area contributed by atoms with Crippen LogP contribution >= 0.6 is 0 Å². The van der Waals surface area contributed by atoms with Gasteiger partial charge in [-0.3, -0.25) is 0 Å². The number of nitrogens with one attached hydrogen (secondary N) is 2. The standard InChI is InChI=1S/2C8H17N4.Co/c2*1-8(2,3)11-9-6-7-10-12(4)5;/h2*7,10H,1-5H3;. The number of hydrogen-bond acceptors (Lipinski definition) is 8. The molecule has 0 amide bonds. The molecule has 0 aromatic carbocycles. The molecule has 0 aliphatic rings. The Hall–Kier alpha value is -1.29. The summed E-state index contributed by atoms with van der Waals surface area (Å²) < 4.78 is 1.47. The molecule has 0 aliphatic carbocycles. The third-order valence-corrected chi connectivity index (χ3v) is 2.97. The van der Waals surface area contributed by atoms with Gasteiger partial charge in [-0.1, -0.05) is 0 Å². The van der Waals surface area contributed by atoms with Gasteiger partial charge in [0, 0.05) is 0 Å². The van der Waals surface area contributed by atoms with Crippen molar-refractivity contribution >= 4 is 0 Å². The number of rotatable bonds is 8. The van der Waals surface area contributed by atoms with E-state index in [0.717, 1.165) is 24.0 Å². The van der Waals surface area contributed by atoms with Crippen molar-refractivity contribution in [1.82, 2.24) is 20.9 Å². The van der Waals surface area contributed by atoms with E-state index in [1.54, 1.807) is 0 Å². The normalized spacial score (nSPS) is 15.2. The Kier molecular flexibility index (Phi) is 10.1. The van der Waals surface area contributed by atoms with Crippen LogP contribution in [0.3, 0.4) is 0 Å². The molecule has 0 spiro atoms. The van der Waals surface area contributed by atoms with E-state index < -0.39 is 0 Å². The van der Waals surface area contributed by atoms with Crippen molar-refractivity contribution in [2.24, 2.45) is 20.5 Å². The van der Waals surface area contributed by atoms with Gasteiger partial charge in [0.25, 0.3) is 0 Å². The van der Waals surface area contributed by atoms with Crippen molar-refractivity contribution in [2.75, 3.05) is 28.2 Å². The summed E-state index contributed by atoms with van der Waals surface area (Å²) in [6, 6.07) is 0. The molecule has 2 N–H and O–H groups in total. The first-order valence-corrected chi connectivity index (χ1v) is 9.06. The van der Waals surface area contributed by atoms with Gasteiger partial charge in [-0.2, -0.15) is 0 Å². The molecule has 0 atom stereocenters. The molecule has 0 aliphatic heterocycles. The van der Waals surface area contributed by atoms with Crippen LogP contribution in [-0.4, -0.2) is 49.3 Å². The SMILES string of the molecule is CN(C)NC=[C](N=NC(C)(C)C)[Co][C](=CNN(C)C)N=NC(C)(C)C. The Bertz CT molecular complexity index is 461. The molecule has 0 aromatic rings. The second kappa shape index (κ2) is 10.6. The van der Waals surface area contributed by atoms with Gasteiger partial charge >= 0.3 is 158 Å². The second-order valence-corrected chi connectivity index (χ2v) is 9.09. The molecule has 0 saturated heterocycles. The maximum atomic E-state index is 4.38. The zero-order valence-electron chi connectivity index (χ0n) is 17.2. The summed E-state index contributed by atoms with van der Waals surface area (Å²) in [7, 11) is 7.65. The number of nitrogens with zero attached hydrogens (tertiary/aromatic N) is 6. The van der Waals surface area contributed by atoms with Crippen LogP contribution in [0.25, 0.3) is 0 Å². The number of hydrogen-bond donors (Lipinski definition) is 2. The van der Waals surface area contributed by atoms with Gasteiger partial charge < -0.3 is 0 Å². The fourth-order valence-corrected chi connectivity index (χ4v) is 1.74. The van der Waals surface area contributed by atoms with Gasteiger partial charge in [-0.05, 0) is 0 Å². The molecular formula is C16H34CoN8. The Morgan fingerprint density at radius 3 is 1.28 bits per heavy atom.